The van der Waals surface area contributed by atoms with Gasteiger partial charge in [0.05, 0.1) is 0 Å². The van der Waals surface area contributed by atoms with Gasteiger partial charge in [-0.2, -0.15) is 0 Å². The third-order valence-electron chi connectivity index (χ3n) is 2.72. The number of hydrogen-bond donors (Lipinski definition) is 1. The fourth-order valence-electron chi connectivity index (χ4n) is 1.75. The van der Waals surface area contributed by atoms with Crippen molar-refractivity contribution in [3.8, 4) is 0 Å². The van der Waals surface area contributed by atoms with Crippen LogP contribution in [0.25, 0.3) is 0 Å². The molecule has 0 aromatic carbocycles. The van der Waals surface area contributed by atoms with Gasteiger partial charge in [0.1, 0.15) is 3.53 Å². The summed E-state index contributed by atoms with van der Waals surface area (Å²) in [6.45, 7) is 2.27. The fourth-order valence-corrected chi connectivity index (χ4v) is 2.80. The van der Waals surface area contributed by atoms with Gasteiger partial charge in [0.2, 0.25) is 0 Å². The molecule has 17 heavy (non-hydrogen) atoms. The second-order valence-electron chi connectivity index (χ2n) is 4.30. The molecule has 0 saturated carbocycles. The Bertz CT molecular complexity index is 163. The number of thioether (sulfide) groups is 1. The van der Waals surface area contributed by atoms with Crippen molar-refractivity contribution in [3.63, 3.8) is 0 Å². The quantitative estimate of drug-likeness (QED) is 0.270. The van der Waals surface area contributed by atoms with Crippen LogP contribution in [-0.2, 0) is 0 Å². The average molecular weight is 302 g/mol. The van der Waals surface area contributed by atoms with Crippen molar-refractivity contribution in [2.24, 2.45) is 0 Å². The fraction of sp³-hybridized carbons (Fsp3) is 0.923. The van der Waals surface area contributed by atoms with E-state index in [1.165, 1.54) is 64.2 Å². The molecule has 96 valence electrons. The van der Waals surface area contributed by atoms with Gasteiger partial charge < -0.3 is 0 Å². The van der Waals surface area contributed by atoms with Crippen molar-refractivity contribution in [1.82, 2.24) is 0 Å². The van der Waals surface area contributed by atoms with Crippen molar-refractivity contribution in [2.75, 3.05) is 5.75 Å². The molecule has 0 radical (unpaired) electrons. The Balaban J connectivity index is 0. The van der Waals surface area contributed by atoms with Crippen molar-refractivity contribution < 1.29 is 29.6 Å². The molecule has 0 aliphatic rings. The van der Waals surface area contributed by atoms with Crippen molar-refractivity contribution in [2.45, 2.75) is 71.1 Å². The van der Waals surface area contributed by atoms with E-state index in [4.69, 9.17) is 12.2 Å². The molecule has 0 unspecified atom stereocenters. The summed E-state index contributed by atoms with van der Waals surface area (Å²) in [6.07, 6.45) is 14.0. The minimum Gasteiger partial charge on any atom is -0.125 e. The van der Waals surface area contributed by atoms with Gasteiger partial charge in [-0.1, -0.05) is 76.9 Å². The molecule has 0 N–H and O–H groups in total. The van der Waals surface area contributed by atoms with Gasteiger partial charge in [0.25, 0.3) is 0 Å². The van der Waals surface area contributed by atoms with Crippen LogP contribution in [0.4, 0.5) is 0 Å². The molecule has 0 aliphatic heterocycles. The molecule has 0 atom stereocenters. The zero-order chi connectivity index (χ0) is 12.1. The molecule has 0 bridgehead atoms. The minimum absolute atomic E-state index is 0. The van der Waals surface area contributed by atoms with Gasteiger partial charge in [-0.15, -0.1) is 24.4 Å². The number of thiocarbonyl (C=S) groups is 1. The number of rotatable bonds is 11. The van der Waals surface area contributed by atoms with Crippen LogP contribution in [0.1, 0.15) is 71.1 Å². The second-order valence-corrected chi connectivity index (χ2v) is 7.12. The molecule has 0 spiro atoms. The first-order valence-electron chi connectivity index (χ1n) is 6.63. The average Bonchev–Trinajstić information content (AvgIpc) is 2.25. The molecular formula is C13H26NaS3+. The summed E-state index contributed by atoms with van der Waals surface area (Å²) in [5, 5.41) is 0. The van der Waals surface area contributed by atoms with Gasteiger partial charge in [-0.05, 0) is 12.2 Å². The molecule has 0 fully saturated rings. The second kappa shape index (κ2) is 17.8. The molecule has 0 amide bonds. The Morgan fingerprint density at radius 1 is 0.882 bits per heavy atom. The van der Waals surface area contributed by atoms with Crippen LogP contribution in [0.5, 0.6) is 0 Å². The predicted molar refractivity (Wildman–Crippen MR) is 85.9 cm³/mol. The van der Waals surface area contributed by atoms with Gasteiger partial charge in [0.15, 0.2) is 0 Å². The molecule has 0 saturated heterocycles. The molecule has 0 aromatic heterocycles. The van der Waals surface area contributed by atoms with Gasteiger partial charge in [-0.25, -0.2) is 0 Å². The van der Waals surface area contributed by atoms with E-state index in [-0.39, 0.29) is 29.6 Å². The summed E-state index contributed by atoms with van der Waals surface area (Å²) in [6, 6.07) is 0. The van der Waals surface area contributed by atoms with E-state index in [0.29, 0.717) is 0 Å². The minimum atomic E-state index is 0. The Morgan fingerprint density at radius 3 is 1.71 bits per heavy atom. The molecule has 0 aromatic rings. The molecule has 0 rings (SSSR count). The monoisotopic (exact) mass is 301 g/mol. The largest absolute Gasteiger partial charge is 1.00 e. The van der Waals surface area contributed by atoms with Gasteiger partial charge in [-0.3, -0.25) is 0 Å². The van der Waals surface area contributed by atoms with Crippen LogP contribution in [-0.4, -0.2) is 9.28 Å². The molecule has 0 heterocycles. The zero-order valence-electron chi connectivity index (χ0n) is 11.5. The van der Waals surface area contributed by atoms with E-state index < -0.39 is 0 Å². The van der Waals surface area contributed by atoms with Crippen LogP contribution >= 0.6 is 36.6 Å². The first-order valence-corrected chi connectivity index (χ1v) is 8.47. The third kappa shape index (κ3) is 20.3. The van der Waals surface area contributed by atoms with Crippen LogP contribution in [0.3, 0.4) is 0 Å². The molecular weight excluding hydrogens is 275 g/mol. The van der Waals surface area contributed by atoms with Crippen LogP contribution < -0.4 is 29.6 Å². The summed E-state index contributed by atoms with van der Waals surface area (Å²) < 4.78 is 0.788. The summed E-state index contributed by atoms with van der Waals surface area (Å²) in [4.78, 5) is 0. The Labute approximate surface area is 145 Å². The smallest absolute Gasteiger partial charge is 0.125 e. The van der Waals surface area contributed by atoms with Crippen molar-refractivity contribution >= 4 is 40.1 Å². The van der Waals surface area contributed by atoms with E-state index in [9.17, 15) is 0 Å². The van der Waals surface area contributed by atoms with Crippen LogP contribution in [0, 0.1) is 0 Å². The number of hydrogen-bond acceptors (Lipinski definition) is 2. The summed E-state index contributed by atoms with van der Waals surface area (Å²) in [5.41, 5.74) is 0. The third-order valence-corrected chi connectivity index (χ3v) is 4.20. The maximum Gasteiger partial charge on any atom is 1.00 e. The summed E-state index contributed by atoms with van der Waals surface area (Å²) in [5.74, 6) is 1.15. The van der Waals surface area contributed by atoms with Crippen LogP contribution in [0.2, 0.25) is 0 Å². The topological polar surface area (TPSA) is 0 Å². The van der Waals surface area contributed by atoms with Gasteiger partial charge >= 0.3 is 29.6 Å². The Morgan fingerprint density at radius 2 is 1.29 bits per heavy atom. The maximum atomic E-state index is 4.89. The van der Waals surface area contributed by atoms with E-state index in [0.717, 1.165) is 9.28 Å². The number of unbranched alkanes of at least 4 members (excludes halogenated alkanes) is 9. The first kappa shape index (κ1) is 21.1. The van der Waals surface area contributed by atoms with Crippen molar-refractivity contribution in [1.29, 1.82) is 0 Å². The SMILES string of the molecule is CCCCCCCCCCCCSC(=S)S.[Na+]. The van der Waals surface area contributed by atoms with E-state index >= 15 is 0 Å². The molecule has 0 nitrogen and oxygen atoms in total. The normalized spacial score (nSPS) is 10.0. The maximum absolute atomic E-state index is 4.89. The predicted octanol–water partition coefficient (Wildman–Crippen LogP) is 2.86. The molecule has 0 aliphatic carbocycles. The standard InChI is InChI=1S/C13H26S3.Na/c1-2-3-4-5-6-7-8-9-10-11-12-16-13(14)15;/h2-12H2,1H3,(H,14,15);/q;+1. The van der Waals surface area contributed by atoms with Gasteiger partial charge in [0, 0.05) is 0 Å². The van der Waals surface area contributed by atoms with Crippen molar-refractivity contribution in [3.05, 3.63) is 0 Å². The Kier molecular flexibility index (Phi) is 22.1. The first-order chi connectivity index (χ1) is 7.77. The molecule has 4 heteroatoms. The summed E-state index contributed by atoms with van der Waals surface area (Å²) in [7, 11) is 0. The van der Waals surface area contributed by atoms with E-state index in [1.807, 2.05) is 0 Å². The van der Waals surface area contributed by atoms with E-state index in [1.54, 1.807) is 11.8 Å². The number of thiol groups is 1. The summed E-state index contributed by atoms with van der Waals surface area (Å²) >= 11 is 10.7. The Hall–Kier alpha value is 1.79. The van der Waals surface area contributed by atoms with Crippen LogP contribution in [0.15, 0.2) is 0 Å². The zero-order valence-corrected chi connectivity index (χ0v) is 16.1. The van der Waals surface area contributed by atoms with E-state index in [2.05, 4.69) is 19.6 Å².